The van der Waals surface area contributed by atoms with E-state index in [1.807, 2.05) is 0 Å². The van der Waals surface area contributed by atoms with Gasteiger partial charge in [0.2, 0.25) is 0 Å². The minimum Gasteiger partial charge on any atom is -0.477 e. The Kier molecular flexibility index (Phi) is 4.06. The molecule has 0 bridgehead atoms. The van der Waals surface area contributed by atoms with Gasteiger partial charge in [-0.15, -0.1) is 11.3 Å². The van der Waals surface area contributed by atoms with Crippen LogP contribution >= 0.6 is 22.9 Å². The molecule has 6 heteroatoms. The Morgan fingerprint density at radius 3 is 2.45 bits per heavy atom. The number of nitrogens with zero attached hydrogens (tertiary/aromatic N) is 2. The van der Waals surface area contributed by atoms with Gasteiger partial charge in [0.25, 0.3) is 0 Å². The molecule has 1 aromatic heterocycles. The third-order valence-corrected chi connectivity index (χ3v) is 5.21. The lowest BCUT2D eigenvalue weighted by molar-refractivity contribution is 0.0703. The molecule has 4 nitrogen and oxygen atoms in total. The zero-order valence-corrected chi connectivity index (χ0v) is 13.2. The average Bonchev–Trinajstić information content (AvgIpc) is 3.14. The maximum absolute atomic E-state index is 11.6. The van der Waals surface area contributed by atoms with Gasteiger partial charge in [0, 0.05) is 23.7 Å². The first kappa shape index (κ1) is 14.9. The molecule has 0 atom stereocenters. The second-order valence-corrected chi connectivity index (χ2v) is 6.54. The minimum atomic E-state index is -1.00. The first-order valence-electron chi connectivity index (χ1n) is 6.93. The van der Waals surface area contributed by atoms with Crippen LogP contribution in [0.25, 0.3) is 11.1 Å². The van der Waals surface area contributed by atoms with Crippen LogP contribution in [0.5, 0.6) is 0 Å². The molecule has 3 rings (SSSR count). The zero-order valence-electron chi connectivity index (χ0n) is 11.7. The highest BCUT2D eigenvalue weighted by Crippen LogP contribution is 2.43. The number of carboxylic acid groups (broad SMARTS) is 1. The smallest absolute Gasteiger partial charge is 0.346 e. The number of rotatable bonds is 3. The fourth-order valence-corrected chi connectivity index (χ4v) is 4.00. The molecule has 0 spiro atoms. The Labute approximate surface area is 137 Å². The van der Waals surface area contributed by atoms with Crippen molar-refractivity contribution >= 4 is 33.9 Å². The highest BCUT2D eigenvalue weighted by molar-refractivity contribution is 7.18. The number of benzene rings is 1. The Bertz CT molecular complexity index is 756. The number of thiophene rings is 1. The molecule has 1 saturated heterocycles. The van der Waals surface area contributed by atoms with Gasteiger partial charge in [-0.2, -0.15) is 5.26 Å². The number of carboxylic acids is 1. The maximum atomic E-state index is 11.6. The molecule has 0 aliphatic carbocycles. The highest BCUT2D eigenvalue weighted by Gasteiger charge is 2.27. The second kappa shape index (κ2) is 5.99. The summed E-state index contributed by atoms with van der Waals surface area (Å²) in [4.78, 5) is 13.9. The number of anilines is 1. The summed E-state index contributed by atoms with van der Waals surface area (Å²) in [5.41, 5.74) is 1.66. The fourth-order valence-electron chi connectivity index (χ4n) is 2.71. The van der Waals surface area contributed by atoms with Crippen molar-refractivity contribution in [1.82, 2.24) is 0 Å². The van der Waals surface area contributed by atoms with E-state index in [2.05, 4.69) is 11.0 Å². The molecule has 1 fully saturated rings. The number of halogens is 1. The molecular formula is C16H13ClN2O2S. The first-order valence-corrected chi connectivity index (χ1v) is 8.12. The lowest BCUT2D eigenvalue weighted by Gasteiger charge is -2.15. The van der Waals surface area contributed by atoms with E-state index in [0.29, 0.717) is 21.7 Å². The van der Waals surface area contributed by atoms with Crippen molar-refractivity contribution in [3.05, 3.63) is 39.7 Å². The lowest BCUT2D eigenvalue weighted by atomic mass is 10.0. The average molecular weight is 333 g/mol. The van der Waals surface area contributed by atoms with Crippen molar-refractivity contribution in [2.75, 3.05) is 18.0 Å². The molecule has 1 aliphatic heterocycles. The van der Waals surface area contributed by atoms with Gasteiger partial charge >= 0.3 is 5.97 Å². The van der Waals surface area contributed by atoms with Crippen LogP contribution in [0.2, 0.25) is 5.02 Å². The monoisotopic (exact) mass is 332 g/mol. The molecule has 1 aliphatic rings. The van der Waals surface area contributed by atoms with Gasteiger partial charge in [-0.25, -0.2) is 4.79 Å². The summed E-state index contributed by atoms with van der Waals surface area (Å²) in [6.07, 6.45) is 2.14. The van der Waals surface area contributed by atoms with E-state index >= 15 is 0 Å². The van der Waals surface area contributed by atoms with Gasteiger partial charge in [0.15, 0.2) is 0 Å². The quantitative estimate of drug-likeness (QED) is 0.913. The normalized spacial score (nSPS) is 14.1. The van der Waals surface area contributed by atoms with E-state index in [1.54, 1.807) is 24.3 Å². The van der Waals surface area contributed by atoms with Crippen molar-refractivity contribution in [2.45, 2.75) is 12.8 Å². The van der Waals surface area contributed by atoms with Crippen LogP contribution in [-0.4, -0.2) is 24.2 Å². The van der Waals surface area contributed by atoms with Crippen molar-refractivity contribution in [3.63, 3.8) is 0 Å². The summed E-state index contributed by atoms with van der Waals surface area (Å²) >= 11 is 7.08. The molecule has 112 valence electrons. The minimum absolute atomic E-state index is 0.209. The third-order valence-electron chi connectivity index (χ3n) is 3.72. The fraction of sp³-hybridized carbons (Fsp3) is 0.250. The lowest BCUT2D eigenvalue weighted by Crippen LogP contribution is -2.17. The molecule has 1 aromatic carbocycles. The van der Waals surface area contributed by atoms with Crippen molar-refractivity contribution in [2.24, 2.45) is 0 Å². The SMILES string of the molecule is N#Cc1c(N2CCCC2)sc(C(=O)O)c1-c1ccc(Cl)cc1. The number of hydrogen-bond donors (Lipinski definition) is 1. The summed E-state index contributed by atoms with van der Waals surface area (Å²) in [6, 6.07) is 9.12. The molecule has 2 aromatic rings. The van der Waals surface area contributed by atoms with E-state index < -0.39 is 5.97 Å². The standard InChI is InChI=1S/C16H13ClN2O2S/c17-11-5-3-10(4-6-11)13-12(9-18)15(19-7-1-2-8-19)22-14(13)16(20)21/h3-6H,1-2,7-8H2,(H,20,21). The molecule has 0 amide bonds. The molecule has 0 unspecified atom stereocenters. The summed E-state index contributed by atoms with van der Waals surface area (Å²) in [5, 5.41) is 20.4. The van der Waals surface area contributed by atoms with Crippen LogP contribution in [0.3, 0.4) is 0 Å². The first-order chi connectivity index (χ1) is 10.6. The van der Waals surface area contributed by atoms with E-state index in [4.69, 9.17) is 11.6 Å². The molecule has 1 N–H and O–H groups in total. The predicted molar refractivity (Wildman–Crippen MR) is 87.9 cm³/mol. The van der Waals surface area contributed by atoms with E-state index in [9.17, 15) is 15.2 Å². The Balaban J connectivity index is 2.20. The summed E-state index contributed by atoms with van der Waals surface area (Å²) in [7, 11) is 0. The van der Waals surface area contributed by atoms with Crippen LogP contribution in [0.15, 0.2) is 24.3 Å². The molecule has 0 saturated carbocycles. The van der Waals surface area contributed by atoms with Crippen LogP contribution in [0, 0.1) is 11.3 Å². The molecular weight excluding hydrogens is 320 g/mol. The summed E-state index contributed by atoms with van der Waals surface area (Å²) in [5.74, 6) is -1.00. The molecule has 22 heavy (non-hydrogen) atoms. The number of nitriles is 1. The summed E-state index contributed by atoms with van der Waals surface area (Å²) < 4.78 is 0. The summed E-state index contributed by atoms with van der Waals surface area (Å²) in [6.45, 7) is 1.74. The van der Waals surface area contributed by atoms with Gasteiger partial charge in [0.1, 0.15) is 15.9 Å². The third kappa shape index (κ3) is 2.56. The highest BCUT2D eigenvalue weighted by atomic mass is 35.5. The van der Waals surface area contributed by atoms with Crippen LogP contribution in [-0.2, 0) is 0 Å². The zero-order chi connectivity index (χ0) is 15.7. The van der Waals surface area contributed by atoms with Gasteiger partial charge in [-0.05, 0) is 30.5 Å². The van der Waals surface area contributed by atoms with Crippen molar-refractivity contribution in [3.8, 4) is 17.2 Å². The van der Waals surface area contributed by atoms with Gasteiger partial charge in [-0.1, -0.05) is 23.7 Å². The van der Waals surface area contributed by atoms with Gasteiger partial charge in [-0.3, -0.25) is 0 Å². The Morgan fingerprint density at radius 2 is 1.91 bits per heavy atom. The van der Waals surface area contributed by atoms with Crippen molar-refractivity contribution in [1.29, 1.82) is 5.26 Å². The van der Waals surface area contributed by atoms with Crippen LogP contribution in [0.1, 0.15) is 28.1 Å². The van der Waals surface area contributed by atoms with Crippen LogP contribution in [0.4, 0.5) is 5.00 Å². The Hall–Kier alpha value is -2.03. The van der Waals surface area contributed by atoms with Crippen LogP contribution < -0.4 is 4.90 Å². The van der Waals surface area contributed by atoms with E-state index in [0.717, 1.165) is 30.9 Å². The number of carbonyl (C=O) groups is 1. The van der Waals surface area contributed by atoms with Gasteiger partial charge < -0.3 is 10.0 Å². The number of hydrogen-bond acceptors (Lipinski definition) is 4. The number of aromatic carboxylic acids is 1. The second-order valence-electron chi connectivity index (χ2n) is 5.10. The molecule has 2 heterocycles. The maximum Gasteiger partial charge on any atom is 0.346 e. The predicted octanol–water partition coefficient (Wildman–Crippen LogP) is 4.24. The van der Waals surface area contributed by atoms with Crippen molar-refractivity contribution < 1.29 is 9.90 Å². The largest absolute Gasteiger partial charge is 0.477 e. The van der Waals surface area contributed by atoms with E-state index in [-0.39, 0.29) is 4.88 Å². The topological polar surface area (TPSA) is 64.3 Å². The molecule has 0 radical (unpaired) electrons. The Morgan fingerprint density at radius 1 is 1.27 bits per heavy atom. The van der Waals surface area contributed by atoms with E-state index in [1.165, 1.54) is 11.3 Å². The van der Waals surface area contributed by atoms with Gasteiger partial charge in [0.05, 0.1) is 5.56 Å².